The third kappa shape index (κ3) is 22.3. The molecular formula is C23H49ClNO-. The van der Waals surface area contributed by atoms with Crippen LogP contribution in [0.25, 0.3) is 0 Å². The van der Waals surface area contributed by atoms with Crippen LogP contribution in [0.4, 0.5) is 0 Å². The molecule has 0 fully saturated rings. The molecule has 0 aromatic carbocycles. The lowest BCUT2D eigenvalue weighted by Gasteiger charge is -2.26. The first-order valence-electron chi connectivity index (χ1n) is 11.4. The van der Waals surface area contributed by atoms with Gasteiger partial charge in [0.2, 0.25) is 0 Å². The summed E-state index contributed by atoms with van der Waals surface area (Å²) in [6.45, 7) is 10.8. The van der Waals surface area contributed by atoms with Crippen LogP contribution in [0.2, 0.25) is 0 Å². The molecule has 0 bridgehead atoms. The minimum atomic E-state index is 0. The molecule has 0 amide bonds. The van der Waals surface area contributed by atoms with Crippen molar-refractivity contribution in [1.82, 2.24) is 5.32 Å². The molecule has 0 aliphatic heterocycles. The topological polar surface area (TPSA) is 21.3 Å². The molecule has 0 rings (SSSR count). The largest absolute Gasteiger partial charge is 1.00 e. The van der Waals surface area contributed by atoms with Crippen LogP contribution in [-0.2, 0) is 4.74 Å². The van der Waals surface area contributed by atoms with Crippen molar-refractivity contribution >= 4 is 0 Å². The molecule has 3 heteroatoms. The van der Waals surface area contributed by atoms with Crippen molar-refractivity contribution in [3.05, 3.63) is 0 Å². The van der Waals surface area contributed by atoms with Gasteiger partial charge >= 0.3 is 0 Å². The van der Waals surface area contributed by atoms with Crippen LogP contribution in [-0.4, -0.2) is 18.9 Å². The third-order valence-electron chi connectivity index (χ3n) is 5.20. The Morgan fingerprint density at radius 1 is 0.615 bits per heavy atom. The smallest absolute Gasteiger partial charge is 0.0969 e. The Bertz CT molecular complexity index is 259. The van der Waals surface area contributed by atoms with Gasteiger partial charge in [-0.25, -0.2) is 0 Å². The predicted molar refractivity (Wildman–Crippen MR) is 113 cm³/mol. The van der Waals surface area contributed by atoms with Gasteiger partial charge in [-0.3, -0.25) is 5.32 Å². The van der Waals surface area contributed by atoms with Gasteiger partial charge in [-0.2, -0.15) is 0 Å². The minimum absolute atomic E-state index is 0. The van der Waals surface area contributed by atoms with Crippen molar-refractivity contribution in [2.45, 2.75) is 136 Å². The fourth-order valence-electron chi connectivity index (χ4n) is 3.27. The third-order valence-corrected chi connectivity index (χ3v) is 5.20. The molecule has 2 nitrogen and oxygen atoms in total. The maximum Gasteiger partial charge on any atom is 0.0969 e. The first-order valence-corrected chi connectivity index (χ1v) is 11.4. The predicted octanol–water partition coefficient (Wildman–Crippen LogP) is 4.61. The molecule has 26 heavy (non-hydrogen) atoms. The standard InChI is InChI=1S/C23H49NO.ClH/c1-5-7-9-11-12-13-14-15-17-19-21-25-22-24-23(3,4)20-18-16-10-8-6-2;/h24H,5-22H2,1-4H3;1H/p-1. The normalized spacial score (nSPS) is 11.5. The van der Waals surface area contributed by atoms with Gasteiger partial charge in [0.1, 0.15) is 0 Å². The Morgan fingerprint density at radius 3 is 1.54 bits per heavy atom. The highest BCUT2D eigenvalue weighted by Gasteiger charge is 2.15. The van der Waals surface area contributed by atoms with Gasteiger partial charge in [0, 0.05) is 12.1 Å². The number of unbranched alkanes of at least 4 members (excludes halogenated alkanes) is 13. The number of nitrogens with one attached hydrogen (secondary N) is 1. The van der Waals surface area contributed by atoms with E-state index in [0.717, 1.165) is 6.61 Å². The van der Waals surface area contributed by atoms with E-state index in [0.29, 0.717) is 6.73 Å². The highest BCUT2D eigenvalue weighted by molar-refractivity contribution is 4.75. The van der Waals surface area contributed by atoms with Crippen molar-refractivity contribution in [3.63, 3.8) is 0 Å². The monoisotopic (exact) mass is 390 g/mol. The first-order chi connectivity index (χ1) is 12.1. The average Bonchev–Trinajstić information content (AvgIpc) is 2.58. The maximum absolute atomic E-state index is 5.78. The van der Waals surface area contributed by atoms with Gasteiger partial charge in [-0.1, -0.05) is 104 Å². The summed E-state index contributed by atoms with van der Waals surface area (Å²) in [6.07, 6.45) is 21.9. The van der Waals surface area contributed by atoms with E-state index in [1.165, 1.54) is 103 Å². The first kappa shape index (κ1) is 28.4. The zero-order chi connectivity index (χ0) is 18.6. The summed E-state index contributed by atoms with van der Waals surface area (Å²) in [6, 6.07) is 0. The summed E-state index contributed by atoms with van der Waals surface area (Å²) in [5, 5.41) is 3.56. The summed E-state index contributed by atoms with van der Waals surface area (Å²) >= 11 is 0. The van der Waals surface area contributed by atoms with Gasteiger partial charge in [-0.05, 0) is 26.7 Å². The van der Waals surface area contributed by atoms with Gasteiger partial charge in [0.05, 0.1) is 6.73 Å². The quantitative estimate of drug-likeness (QED) is 0.242. The Balaban J connectivity index is 0. The van der Waals surface area contributed by atoms with Gasteiger partial charge in [-0.15, -0.1) is 0 Å². The van der Waals surface area contributed by atoms with Crippen molar-refractivity contribution in [2.75, 3.05) is 13.3 Å². The highest BCUT2D eigenvalue weighted by Crippen LogP contribution is 2.15. The number of rotatable bonds is 20. The Hall–Kier alpha value is 0.210. The molecule has 0 heterocycles. The minimum Gasteiger partial charge on any atom is -1.00 e. The Labute approximate surface area is 172 Å². The molecule has 0 aliphatic rings. The second kappa shape index (κ2) is 21.5. The average molecular weight is 391 g/mol. The maximum atomic E-state index is 5.78. The van der Waals surface area contributed by atoms with Crippen LogP contribution in [0.3, 0.4) is 0 Å². The van der Waals surface area contributed by atoms with Crippen LogP contribution >= 0.6 is 0 Å². The Kier molecular flexibility index (Phi) is 23.5. The van der Waals surface area contributed by atoms with Crippen LogP contribution < -0.4 is 17.7 Å². The number of hydrogen-bond acceptors (Lipinski definition) is 2. The molecule has 0 saturated heterocycles. The van der Waals surface area contributed by atoms with Crippen LogP contribution in [0.1, 0.15) is 130 Å². The fraction of sp³-hybridized carbons (Fsp3) is 1.00. The summed E-state index contributed by atoms with van der Waals surface area (Å²) < 4.78 is 5.78. The fourth-order valence-corrected chi connectivity index (χ4v) is 3.27. The SMILES string of the molecule is CCCCCCCCCCCCOCNC(C)(C)CCCCCCC.[Cl-]. The summed E-state index contributed by atoms with van der Waals surface area (Å²) in [7, 11) is 0. The van der Waals surface area contributed by atoms with Crippen molar-refractivity contribution < 1.29 is 17.1 Å². The van der Waals surface area contributed by atoms with Crippen molar-refractivity contribution in [1.29, 1.82) is 0 Å². The number of ether oxygens (including phenoxy) is 1. The van der Waals surface area contributed by atoms with E-state index in [-0.39, 0.29) is 17.9 Å². The van der Waals surface area contributed by atoms with Gasteiger partial charge in [0.25, 0.3) is 0 Å². The molecule has 0 aliphatic carbocycles. The van der Waals surface area contributed by atoms with Crippen LogP contribution in [0.15, 0.2) is 0 Å². The van der Waals surface area contributed by atoms with E-state index in [1.807, 2.05) is 0 Å². The molecule has 0 unspecified atom stereocenters. The lowest BCUT2D eigenvalue weighted by atomic mass is 9.96. The molecule has 0 spiro atoms. The van der Waals surface area contributed by atoms with Crippen molar-refractivity contribution in [2.24, 2.45) is 0 Å². The molecule has 160 valence electrons. The zero-order valence-electron chi connectivity index (χ0n) is 18.5. The lowest BCUT2D eigenvalue weighted by molar-refractivity contribution is -0.00000817. The summed E-state index contributed by atoms with van der Waals surface area (Å²) in [5.74, 6) is 0. The molecule has 0 radical (unpaired) electrons. The molecule has 0 aromatic heterocycles. The zero-order valence-corrected chi connectivity index (χ0v) is 19.3. The molecule has 1 N–H and O–H groups in total. The van der Waals surface area contributed by atoms with E-state index in [1.54, 1.807) is 0 Å². The van der Waals surface area contributed by atoms with Crippen molar-refractivity contribution in [3.8, 4) is 0 Å². The van der Waals surface area contributed by atoms with E-state index < -0.39 is 0 Å². The molecular weight excluding hydrogens is 342 g/mol. The van der Waals surface area contributed by atoms with E-state index in [9.17, 15) is 0 Å². The molecule has 0 atom stereocenters. The van der Waals surface area contributed by atoms with Crippen LogP contribution in [0, 0.1) is 0 Å². The number of hydrogen-bond donors (Lipinski definition) is 1. The summed E-state index contributed by atoms with van der Waals surface area (Å²) in [5.41, 5.74) is 0.212. The van der Waals surface area contributed by atoms with E-state index in [2.05, 4.69) is 33.0 Å². The Morgan fingerprint density at radius 2 is 1.04 bits per heavy atom. The summed E-state index contributed by atoms with van der Waals surface area (Å²) in [4.78, 5) is 0. The highest BCUT2D eigenvalue weighted by atomic mass is 35.5. The van der Waals surface area contributed by atoms with Gasteiger partial charge < -0.3 is 17.1 Å². The van der Waals surface area contributed by atoms with E-state index in [4.69, 9.17) is 4.74 Å². The molecule has 0 saturated carbocycles. The lowest BCUT2D eigenvalue weighted by Crippen LogP contribution is -3.00. The van der Waals surface area contributed by atoms with Crippen LogP contribution in [0.5, 0.6) is 0 Å². The van der Waals surface area contributed by atoms with Gasteiger partial charge in [0.15, 0.2) is 0 Å². The second-order valence-electron chi connectivity index (χ2n) is 8.46. The number of halogens is 1. The second-order valence-corrected chi connectivity index (χ2v) is 8.46. The molecule has 0 aromatic rings. The van der Waals surface area contributed by atoms with E-state index >= 15 is 0 Å².